The first kappa shape index (κ1) is 7.35. The summed E-state index contributed by atoms with van der Waals surface area (Å²) >= 11 is 0. The van der Waals surface area contributed by atoms with E-state index >= 15 is 0 Å². The first-order chi connectivity index (χ1) is 5.12. The predicted molar refractivity (Wildman–Crippen MR) is 47.5 cm³/mol. The van der Waals surface area contributed by atoms with Gasteiger partial charge in [0.15, 0.2) is 0 Å². The molecular weight excluding hydrogens is 134 g/mol. The Morgan fingerprint density at radius 1 is 1.64 bits per heavy atom. The molecule has 0 amide bonds. The molecule has 2 aliphatic rings. The Kier molecular flexibility index (Phi) is 1.40. The van der Waals surface area contributed by atoms with Crippen LogP contribution in [0.15, 0.2) is 12.2 Å². The number of hydrogen-bond acceptors (Lipinski definition) is 1. The van der Waals surface area contributed by atoms with Crippen molar-refractivity contribution in [3.63, 3.8) is 0 Å². The molecule has 3 atom stereocenters. The van der Waals surface area contributed by atoms with E-state index in [0.29, 0.717) is 5.54 Å². The fourth-order valence-corrected chi connectivity index (χ4v) is 2.25. The van der Waals surface area contributed by atoms with Crippen LogP contribution < -0.4 is 5.32 Å². The molecule has 0 bridgehead atoms. The molecule has 0 spiro atoms. The lowest BCUT2D eigenvalue weighted by Crippen LogP contribution is -2.21. The first-order valence-electron chi connectivity index (χ1n) is 4.55. The molecule has 1 heterocycles. The van der Waals surface area contributed by atoms with Crippen LogP contribution >= 0.6 is 0 Å². The summed E-state index contributed by atoms with van der Waals surface area (Å²) in [6, 6.07) is 0.804. The van der Waals surface area contributed by atoms with Crippen molar-refractivity contribution in [1.82, 2.24) is 5.32 Å². The van der Waals surface area contributed by atoms with Gasteiger partial charge >= 0.3 is 0 Å². The fourth-order valence-electron chi connectivity index (χ4n) is 2.25. The summed E-state index contributed by atoms with van der Waals surface area (Å²) in [5.74, 6) is 0.795. The molecule has 0 unspecified atom stereocenters. The second-order valence-electron chi connectivity index (χ2n) is 4.43. The Bertz CT molecular complexity index is 197. The summed E-state index contributed by atoms with van der Waals surface area (Å²) in [5, 5.41) is 3.55. The van der Waals surface area contributed by atoms with Crippen LogP contribution in [-0.2, 0) is 0 Å². The number of nitrogens with one attached hydrogen (secondary N) is 1. The van der Waals surface area contributed by atoms with Gasteiger partial charge in [0.25, 0.3) is 0 Å². The van der Waals surface area contributed by atoms with Gasteiger partial charge in [-0.05, 0) is 39.0 Å². The van der Waals surface area contributed by atoms with E-state index in [1.807, 2.05) is 0 Å². The molecule has 2 fully saturated rings. The summed E-state index contributed by atoms with van der Waals surface area (Å²) in [5.41, 5.74) is 1.90. The minimum atomic E-state index is 0.520. The van der Waals surface area contributed by atoms with Gasteiger partial charge in [0.05, 0.1) is 0 Å². The van der Waals surface area contributed by atoms with Crippen molar-refractivity contribution in [2.24, 2.45) is 5.92 Å². The monoisotopic (exact) mass is 151 g/mol. The average molecular weight is 151 g/mol. The Hall–Kier alpha value is -0.300. The molecule has 1 saturated heterocycles. The van der Waals surface area contributed by atoms with Gasteiger partial charge in [-0.3, -0.25) is 0 Å². The highest BCUT2D eigenvalue weighted by atomic mass is 15.2. The maximum atomic E-state index is 4.03. The third-order valence-corrected chi connectivity index (χ3v) is 3.42. The van der Waals surface area contributed by atoms with Crippen LogP contribution in [0.4, 0.5) is 0 Å². The molecule has 62 valence electrons. The maximum Gasteiger partial charge on any atom is 0.0310 e. The molecule has 1 nitrogen and oxygen atoms in total. The second-order valence-corrected chi connectivity index (χ2v) is 4.43. The van der Waals surface area contributed by atoms with E-state index in [4.69, 9.17) is 0 Å². The zero-order valence-corrected chi connectivity index (χ0v) is 7.48. The molecule has 1 heteroatoms. The Balaban J connectivity index is 1.98. The van der Waals surface area contributed by atoms with Gasteiger partial charge in [0.2, 0.25) is 0 Å². The highest BCUT2D eigenvalue weighted by molar-refractivity contribution is 5.17. The topological polar surface area (TPSA) is 21.9 Å². The van der Waals surface area contributed by atoms with Gasteiger partial charge in [0.1, 0.15) is 0 Å². The van der Waals surface area contributed by atoms with E-state index in [1.54, 1.807) is 0 Å². The number of fused-ring (bicyclic) bond motifs is 1. The van der Waals surface area contributed by atoms with Crippen LogP contribution in [0, 0.1) is 5.92 Å². The third kappa shape index (κ3) is 1.12. The largest absolute Gasteiger partial charge is 0.305 e. The Morgan fingerprint density at radius 2 is 2.36 bits per heavy atom. The van der Waals surface area contributed by atoms with Crippen molar-refractivity contribution < 1.29 is 0 Å². The lowest BCUT2D eigenvalue weighted by molar-refractivity contribution is 0.396. The van der Waals surface area contributed by atoms with E-state index < -0.39 is 0 Å². The first-order valence-corrected chi connectivity index (χ1v) is 4.55. The Morgan fingerprint density at radius 3 is 2.91 bits per heavy atom. The summed E-state index contributed by atoms with van der Waals surface area (Å²) in [4.78, 5) is 0. The van der Waals surface area contributed by atoms with Gasteiger partial charge in [-0.15, -0.1) is 0 Å². The van der Waals surface area contributed by atoms with Crippen molar-refractivity contribution in [3.8, 4) is 0 Å². The van der Waals surface area contributed by atoms with E-state index in [0.717, 1.165) is 12.0 Å². The number of allylic oxidation sites excluding steroid dienone is 1. The minimum absolute atomic E-state index is 0.520. The van der Waals surface area contributed by atoms with Crippen LogP contribution in [0.25, 0.3) is 0 Å². The molecule has 2 rings (SSSR count). The zero-order valence-electron chi connectivity index (χ0n) is 7.48. The lowest BCUT2D eigenvalue weighted by atomic mass is 9.80. The van der Waals surface area contributed by atoms with Crippen molar-refractivity contribution in [3.05, 3.63) is 12.2 Å². The molecule has 0 aromatic heterocycles. The molecule has 0 aromatic rings. The van der Waals surface area contributed by atoms with E-state index in [-0.39, 0.29) is 0 Å². The molecule has 1 N–H and O–H groups in total. The molecule has 0 aromatic carbocycles. The van der Waals surface area contributed by atoms with Gasteiger partial charge in [0, 0.05) is 11.6 Å². The molecule has 1 aliphatic carbocycles. The van der Waals surface area contributed by atoms with Crippen LogP contribution in [0.5, 0.6) is 0 Å². The highest BCUT2D eigenvalue weighted by Crippen LogP contribution is 2.43. The van der Waals surface area contributed by atoms with E-state index in [2.05, 4.69) is 25.7 Å². The van der Waals surface area contributed by atoms with Gasteiger partial charge in [-0.25, -0.2) is 0 Å². The molecular formula is C10H17N. The zero-order chi connectivity index (χ0) is 8.06. The summed E-state index contributed by atoms with van der Waals surface area (Å²) in [7, 11) is 0. The SMILES string of the molecule is C=C(C)[C@@H]1CC[C@@]2(C)N[C@@H]2C1. The Labute approximate surface area is 68.9 Å². The highest BCUT2D eigenvalue weighted by Gasteiger charge is 2.52. The average Bonchev–Trinajstić information content (AvgIpc) is 2.58. The smallest absolute Gasteiger partial charge is 0.0310 e. The molecule has 0 radical (unpaired) electrons. The van der Waals surface area contributed by atoms with Gasteiger partial charge < -0.3 is 5.32 Å². The lowest BCUT2D eigenvalue weighted by Gasteiger charge is -2.23. The van der Waals surface area contributed by atoms with Crippen molar-refractivity contribution in [1.29, 1.82) is 0 Å². The predicted octanol–water partition coefficient (Wildman–Crippen LogP) is 2.09. The normalized spacial score (nSPS) is 48.2. The number of hydrogen-bond donors (Lipinski definition) is 1. The fraction of sp³-hybridized carbons (Fsp3) is 0.800. The van der Waals surface area contributed by atoms with Gasteiger partial charge in [-0.1, -0.05) is 12.2 Å². The van der Waals surface area contributed by atoms with Crippen LogP contribution in [-0.4, -0.2) is 11.6 Å². The summed E-state index contributed by atoms with van der Waals surface area (Å²) in [6.07, 6.45) is 4.01. The minimum Gasteiger partial charge on any atom is -0.305 e. The van der Waals surface area contributed by atoms with Crippen LogP contribution in [0.3, 0.4) is 0 Å². The third-order valence-electron chi connectivity index (χ3n) is 3.42. The summed E-state index contributed by atoms with van der Waals surface area (Å²) in [6.45, 7) is 8.53. The van der Waals surface area contributed by atoms with Crippen LogP contribution in [0.2, 0.25) is 0 Å². The van der Waals surface area contributed by atoms with Crippen LogP contribution in [0.1, 0.15) is 33.1 Å². The molecule has 1 saturated carbocycles. The van der Waals surface area contributed by atoms with Gasteiger partial charge in [-0.2, -0.15) is 0 Å². The molecule has 11 heavy (non-hydrogen) atoms. The van der Waals surface area contributed by atoms with E-state index in [9.17, 15) is 0 Å². The maximum absolute atomic E-state index is 4.03. The quantitative estimate of drug-likeness (QED) is 0.450. The standard InChI is InChI=1S/C10H17N/c1-7(2)8-4-5-10(3)9(6-8)11-10/h8-9,11H,1,4-6H2,2-3H3/t8-,9-,10-/m1/s1. The second kappa shape index (κ2) is 2.10. The number of rotatable bonds is 1. The molecule has 1 aliphatic heterocycles. The summed E-state index contributed by atoms with van der Waals surface area (Å²) < 4.78 is 0. The van der Waals surface area contributed by atoms with Crippen molar-refractivity contribution >= 4 is 0 Å². The van der Waals surface area contributed by atoms with E-state index in [1.165, 1.54) is 24.8 Å². The van der Waals surface area contributed by atoms with Crippen molar-refractivity contribution in [2.75, 3.05) is 0 Å². The van der Waals surface area contributed by atoms with Crippen molar-refractivity contribution in [2.45, 2.75) is 44.7 Å².